The number of benzene rings is 3. The highest BCUT2D eigenvalue weighted by molar-refractivity contribution is 5.91. The molecule has 0 saturated heterocycles. The summed E-state index contributed by atoms with van der Waals surface area (Å²) >= 11 is 0. The van der Waals surface area contributed by atoms with Gasteiger partial charge in [-0.05, 0) is 71.8 Å². The normalized spacial score (nSPS) is 10.9. The molecular weight excluding hydrogens is 418 g/mol. The smallest absolute Gasteiger partial charge is 0.343 e. The Hall–Kier alpha value is -3.01. The number of ether oxygens (including phenoxy) is 1. The quantitative estimate of drug-likeness (QED) is 0.167. The largest absolute Gasteiger partial charge is 0.420 e. The minimum atomic E-state index is -0.631. The van der Waals surface area contributed by atoms with Crippen LogP contribution in [0.4, 0.5) is 8.78 Å². The maximum atomic E-state index is 14.6. The third kappa shape index (κ3) is 6.98. The Morgan fingerprint density at radius 1 is 0.727 bits per heavy atom. The lowest BCUT2D eigenvalue weighted by molar-refractivity contribution is 0.0728. The average molecular weight is 451 g/mol. The van der Waals surface area contributed by atoms with Crippen molar-refractivity contribution in [3.05, 3.63) is 89.0 Å². The molecule has 174 valence electrons. The summed E-state index contributed by atoms with van der Waals surface area (Å²) in [5, 5.41) is 0. The third-order valence-electron chi connectivity index (χ3n) is 5.79. The van der Waals surface area contributed by atoms with E-state index in [1.54, 1.807) is 36.4 Å². The van der Waals surface area contributed by atoms with Gasteiger partial charge in [0.15, 0.2) is 11.6 Å². The van der Waals surface area contributed by atoms with Gasteiger partial charge in [0.25, 0.3) is 0 Å². The second kappa shape index (κ2) is 12.3. The van der Waals surface area contributed by atoms with Crippen LogP contribution < -0.4 is 4.74 Å². The topological polar surface area (TPSA) is 26.3 Å². The number of hydrogen-bond donors (Lipinski definition) is 0. The van der Waals surface area contributed by atoms with Crippen LogP contribution in [-0.2, 0) is 12.8 Å². The van der Waals surface area contributed by atoms with E-state index in [0.717, 1.165) is 54.4 Å². The highest BCUT2D eigenvalue weighted by atomic mass is 19.1. The number of carbonyl (C=O) groups is 1. The number of carbonyl (C=O) groups excluding carboxylic acids is 1. The molecule has 3 rings (SSSR count). The molecule has 0 heterocycles. The molecule has 0 N–H and O–H groups in total. The van der Waals surface area contributed by atoms with Crippen molar-refractivity contribution in [3.8, 4) is 16.9 Å². The van der Waals surface area contributed by atoms with Gasteiger partial charge in [0.05, 0.1) is 5.56 Å². The monoisotopic (exact) mass is 450 g/mol. The molecule has 0 atom stereocenters. The van der Waals surface area contributed by atoms with Crippen LogP contribution in [0.1, 0.15) is 73.9 Å². The van der Waals surface area contributed by atoms with Gasteiger partial charge >= 0.3 is 5.97 Å². The van der Waals surface area contributed by atoms with Gasteiger partial charge in [-0.2, -0.15) is 0 Å². The summed E-state index contributed by atoms with van der Waals surface area (Å²) in [4.78, 5) is 12.4. The number of halogens is 2. The fourth-order valence-electron chi connectivity index (χ4n) is 3.88. The summed E-state index contributed by atoms with van der Waals surface area (Å²) in [5.41, 5.74) is 3.46. The minimum Gasteiger partial charge on any atom is -0.420 e. The fraction of sp³-hybridized carbons (Fsp3) is 0.345. The van der Waals surface area contributed by atoms with Gasteiger partial charge in [-0.1, -0.05) is 76.3 Å². The molecule has 3 aromatic carbocycles. The van der Waals surface area contributed by atoms with E-state index in [-0.39, 0.29) is 11.6 Å². The second-order valence-corrected chi connectivity index (χ2v) is 8.45. The zero-order chi connectivity index (χ0) is 23.6. The Kier molecular flexibility index (Phi) is 9.17. The van der Waals surface area contributed by atoms with Gasteiger partial charge in [-0.3, -0.25) is 0 Å². The van der Waals surface area contributed by atoms with Crippen LogP contribution in [0.3, 0.4) is 0 Å². The summed E-state index contributed by atoms with van der Waals surface area (Å²) < 4.78 is 34.0. The maximum Gasteiger partial charge on any atom is 0.343 e. The Morgan fingerprint density at radius 2 is 1.45 bits per heavy atom. The van der Waals surface area contributed by atoms with E-state index in [9.17, 15) is 13.6 Å². The first-order chi connectivity index (χ1) is 16.0. The summed E-state index contributed by atoms with van der Waals surface area (Å²) in [7, 11) is 0. The predicted molar refractivity (Wildman–Crippen MR) is 130 cm³/mol. The van der Waals surface area contributed by atoms with Gasteiger partial charge in [0, 0.05) is 0 Å². The van der Waals surface area contributed by atoms with Crippen LogP contribution in [-0.4, -0.2) is 5.97 Å². The van der Waals surface area contributed by atoms with Crippen LogP contribution in [0.15, 0.2) is 60.7 Å². The zero-order valence-corrected chi connectivity index (χ0v) is 19.5. The number of aryl methyl sites for hydroxylation is 2. The molecule has 3 aromatic rings. The van der Waals surface area contributed by atoms with E-state index in [1.807, 2.05) is 19.1 Å². The zero-order valence-electron chi connectivity index (χ0n) is 19.5. The van der Waals surface area contributed by atoms with Gasteiger partial charge < -0.3 is 4.74 Å². The third-order valence-corrected chi connectivity index (χ3v) is 5.79. The standard InChI is InChI=1S/C29H32F2O2/c1-3-5-6-7-8-10-23-14-17-25(20-26(23)30)22-12-15-24(16-13-22)29(32)33-28-18-11-21(9-4-2)19-27(28)31/h11-20H,3-10H2,1-2H3. The summed E-state index contributed by atoms with van der Waals surface area (Å²) in [6, 6.07) is 16.7. The Morgan fingerprint density at radius 3 is 2.12 bits per heavy atom. The first kappa shape index (κ1) is 24.6. The van der Waals surface area contributed by atoms with E-state index < -0.39 is 11.8 Å². The lowest BCUT2D eigenvalue weighted by Crippen LogP contribution is -2.09. The van der Waals surface area contributed by atoms with E-state index in [2.05, 4.69) is 6.92 Å². The highest BCUT2D eigenvalue weighted by Gasteiger charge is 2.13. The van der Waals surface area contributed by atoms with Crippen LogP contribution in [0.5, 0.6) is 5.75 Å². The Labute approximate surface area is 195 Å². The van der Waals surface area contributed by atoms with Crippen molar-refractivity contribution in [3.63, 3.8) is 0 Å². The Bertz CT molecular complexity index is 1060. The SMILES string of the molecule is CCCCCCCc1ccc(-c2ccc(C(=O)Oc3ccc(CCC)cc3F)cc2)cc1F. The van der Waals surface area contributed by atoms with Gasteiger partial charge in [-0.25, -0.2) is 13.6 Å². The van der Waals surface area contributed by atoms with Gasteiger partial charge in [0.2, 0.25) is 0 Å². The molecule has 0 unspecified atom stereocenters. The van der Waals surface area contributed by atoms with E-state index in [1.165, 1.54) is 31.4 Å². The van der Waals surface area contributed by atoms with Gasteiger partial charge in [-0.15, -0.1) is 0 Å². The van der Waals surface area contributed by atoms with Crippen LogP contribution >= 0.6 is 0 Å². The summed E-state index contributed by atoms with van der Waals surface area (Å²) in [5.74, 6) is -1.47. The molecule has 0 bridgehead atoms. The van der Waals surface area contributed by atoms with Crippen molar-refractivity contribution in [1.29, 1.82) is 0 Å². The molecule has 4 heteroatoms. The van der Waals surface area contributed by atoms with Crippen molar-refractivity contribution >= 4 is 5.97 Å². The molecule has 2 nitrogen and oxygen atoms in total. The lowest BCUT2D eigenvalue weighted by Gasteiger charge is -2.09. The molecule has 0 aromatic heterocycles. The number of unbranched alkanes of at least 4 members (excludes halogenated alkanes) is 4. The highest BCUT2D eigenvalue weighted by Crippen LogP contribution is 2.25. The molecule has 0 fully saturated rings. The molecular formula is C29H32F2O2. The van der Waals surface area contributed by atoms with Crippen molar-refractivity contribution in [2.75, 3.05) is 0 Å². The first-order valence-corrected chi connectivity index (χ1v) is 11.9. The van der Waals surface area contributed by atoms with E-state index in [4.69, 9.17) is 4.74 Å². The second-order valence-electron chi connectivity index (χ2n) is 8.45. The average Bonchev–Trinajstić information content (AvgIpc) is 2.82. The molecule has 0 aliphatic heterocycles. The van der Waals surface area contributed by atoms with Crippen molar-refractivity contribution in [1.82, 2.24) is 0 Å². The van der Waals surface area contributed by atoms with Crippen LogP contribution in [0.25, 0.3) is 11.1 Å². The molecule has 0 saturated carbocycles. The molecule has 0 aliphatic rings. The number of rotatable bonds is 11. The van der Waals surface area contributed by atoms with E-state index in [0.29, 0.717) is 5.56 Å². The molecule has 0 amide bonds. The maximum absolute atomic E-state index is 14.6. The van der Waals surface area contributed by atoms with Crippen LogP contribution in [0.2, 0.25) is 0 Å². The molecule has 0 radical (unpaired) electrons. The van der Waals surface area contributed by atoms with E-state index >= 15 is 0 Å². The molecule has 0 aliphatic carbocycles. The summed E-state index contributed by atoms with van der Waals surface area (Å²) in [6.45, 7) is 4.20. The minimum absolute atomic E-state index is 0.0868. The number of hydrogen-bond acceptors (Lipinski definition) is 2. The van der Waals surface area contributed by atoms with Crippen molar-refractivity contribution in [2.24, 2.45) is 0 Å². The lowest BCUT2D eigenvalue weighted by atomic mass is 9.99. The van der Waals surface area contributed by atoms with Crippen molar-refractivity contribution in [2.45, 2.75) is 65.2 Å². The van der Waals surface area contributed by atoms with Crippen molar-refractivity contribution < 1.29 is 18.3 Å². The molecule has 33 heavy (non-hydrogen) atoms. The number of esters is 1. The van der Waals surface area contributed by atoms with Gasteiger partial charge in [0.1, 0.15) is 5.82 Å². The fourth-order valence-corrected chi connectivity index (χ4v) is 3.88. The van der Waals surface area contributed by atoms with Crippen LogP contribution in [0, 0.1) is 11.6 Å². The summed E-state index contributed by atoms with van der Waals surface area (Å²) in [6.07, 6.45) is 8.17. The Balaban J connectivity index is 1.62. The molecule has 0 spiro atoms. The first-order valence-electron chi connectivity index (χ1n) is 11.9. The predicted octanol–water partition coefficient (Wildman–Crippen LogP) is 8.32.